The maximum atomic E-state index is 12.0. The lowest BCUT2D eigenvalue weighted by atomic mass is 10.2. The molecule has 0 radical (unpaired) electrons. The highest BCUT2D eigenvalue weighted by Gasteiger charge is 2.35. The fraction of sp³-hybridized carbons (Fsp3) is 0.917. The first-order chi connectivity index (χ1) is 7.72. The van der Waals surface area contributed by atoms with Crippen molar-refractivity contribution >= 4 is 6.03 Å². The fourth-order valence-electron chi connectivity index (χ4n) is 2.00. The van der Waals surface area contributed by atoms with Crippen molar-refractivity contribution in [2.75, 3.05) is 20.3 Å². The van der Waals surface area contributed by atoms with Crippen LogP contribution in [0, 0.1) is 5.92 Å². The second-order valence-corrected chi connectivity index (χ2v) is 4.99. The molecule has 4 heteroatoms. The molecule has 2 aliphatic rings. The molecule has 2 rings (SSSR count). The quantitative estimate of drug-likeness (QED) is 0.747. The van der Waals surface area contributed by atoms with E-state index in [2.05, 4.69) is 12.2 Å². The summed E-state index contributed by atoms with van der Waals surface area (Å²) in [5.41, 5.74) is 0. The summed E-state index contributed by atoms with van der Waals surface area (Å²) in [5.74, 6) is 0.710. The van der Waals surface area contributed by atoms with Crippen LogP contribution in [0.2, 0.25) is 0 Å². The Morgan fingerprint density at radius 3 is 2.62 bits per heavy atom. The molecule has 2 amide bonds. The Labute approximate surface area is 97.3 Å². The van der Waals surface area contributed by atoms with Gasteiger partial charge in [-0.2, -0.15) is 0 Å². The van der Waals surface area contributed by atoms with E-state index in [-0.39, 0.29) is 6.03 Å². The normalized spacial score (nSPS) is 21.6. The van der Waals surface area contributed by atoms with Crippen LogP contribution in [0.5, 0.6) is 0 Å². The van der Waals surface area contributed by atoms with Gasteiger partial charge in [-0.1, -0.05) is 0 Å². The summed E-state index contributed by atoms with van der Waals surface area (Å²) >= 11 is 0. The van der Waals surface area contributed by atoms with Gasteiger partial charge in [-0.25, -0.2) is 4.79 Å². The number of hydrogen-bond donors (Lipinski definition) is 1. The average Bonchev–Trinajstić information content (AvgIpc) is 3.11. The monoisotopic (exact) mass is 226 g/mol. The zero-order valence-corrected chi connectivity index (χ0v) is 10.2. The summed E-state index contributed by atoms with van der Waals surface area (Å²) in [6.07, 6.45) is 4.81. The number of carbonyl (C=O) groups is 1. The van der Waals surface area contributed by atoms with E-state index >= 15 is 0 Å². The third kappa shape index (κ3) is 3.11. The average molecular weight is 226 g/mol. The smallest absolute Gasteiger partial charge is 0.317 e. The number of rotatable bonds is 6. The molecular weight excluding hydrogens is 204 g/mol. The van der Waals surface area contributed by atoms with Crippen molar-refractivity contribution in [3.05, 3.63) is 0 Å². The predicted octanol–water partition coefficient (Wildman–Crippen LogP) is 1.61. The molecule has 0 bridgehead atoms. The van der Waals surface area contributed by atoms with Crippen LogP contribution in [0.4, 0.5) is 4.79 Å². The van der Waals surface area contributed by atoms with E-state index in [1.54, 1.807) is 7.11 Å². The number of carbonyl (C=O) groups excluding carboxylic acids is 1. The molecule has 4 nitrogen and oxygen atoms in total. The SMILES string of the molecule is COCCN(C(=O)NC1CC1)C(C)C1CC1. The van der Waals surface area contributed by atoms with Gasteiger partial charge in [0.2, 0.25) is 0 Å². The van der Waals surface area contributed by atoms with Crippen molar-refractivity contribution in [2.45, 2.75) is 44.7 Å². The third-order valence-electron chi connectivity index (χ3n) is 3.50. The maximum absolute atomic E-state index is 12.0. The van der Waals surface area contributed by atoms with Gasteiger partial charge in [0.25, 0.3) is 0 Å². The molecule has 0 aromatic carbocycles. The standard InChI is InChI=1S/C12H22N2O2/c1-9(10-3-4-10)14(7-8-16-2)12(15)13-11-5-6-11/h9-11H,3-8H2,1-2H3,(H,13,15). The first-order valence-corrected chi connectivity index (χ1v) is 6.28. The van der Waals surface area contributed by atoms with E-state index in [1.165, 1.54) is 12.8 Å². The van der Waals surface area contributed by atoms with Crippen LogP contribution in [0.25, 0.3) is 0 Å². The molecule has 1 unspecified atom stereocenters. The molecule has 1 atom stereocenters. The first kappa shape index (κ1) is 11.7. The van der Waals surface area contributed by atoms with Gasteiger partial charge in [-0.15, -0.1) is 0 Å². The molecule has 2 saturated carbocycles. The van der Waals surface area contributed by atoms with E-state index in [4.69, 9.17) is 4.74 Å². The van der Waals surface area contributed by atoms with Gasteiger partial charge in [0, 0.05) is 25.7 Å². The topological polar surface area (TPSA) is 41.6 Å². The highest BCUT2D eigenvalue weighted by atomic mass is 16.5. The lowest BCUT2D eigenvalue weighted by Gasteiger charge is -2.29. The summed E-state index contributed by atoms with van der Waals surface area (Å²) in [4.78, 5) is 14.0. The van der Waals surface area contributed by atoms with Crippen LogP contribution in [0.1, 0.15) is 32.6 Å². The highest BCUT2D eigenvalue weighted by molar-refractivity contribution is 5.75. The predicted molar refractivity (Wildman–Crippen MR) is 62.3 cm³/mol. The van der Waals surface area contributed by atoms with Crippen molar-refractivity contribution in [2.24, 2.45) is 5.92 Å². The molecular formula is C12H22N2O2. The number of amides is 2. The Kier molecular flexibility index (Phi) is 3.69. The minimum Gasteiger partial charge on any atom is -0.383 e. The fourth-order valence-corrected chi connectivity index (χ4v) is 2.00. The Balaban J connectivity index is 1.85. The van der Waals surface area contributed by atoms with E-state index in [9.17, 15) is 4.79 Å². The molecule has 0 aromatic rings. The van der Waals surface area contributed by atoms with Gasteiger partial charge < -0.3 is 15.0 Å². The minimum absolute atomic E-state index is 0.0963. The number of urea groups is 1. The number of ether oxygens (including phenoxy) is 1. The van der Waals surface area contributed by atoms with Crippen molar-refractivity contribution in [1.82, 2.24) is 10.2 Å². The minimum atomic E-state index is 0.0963. The summed E-state index contributed by atoms with van der Waals surface area (Å²) in [7, 11) is 1.68. The zero-order valence-electron chi connectivity index (χ0n) is 10.2. The summed E-state index contributed by atoms with van der Waals surface area (Å²) in [6, 6.07) is 0.886. The second-order valence-electron chi connectivity index (χ2n) is 4.99. The van der Waals surface area contributed by atoms with Gasteiger partial charge >= 0.3 is 6.03 Å². The highest BCUT2D eigenvalue weighted by Crippen LogP contribution is 2.35. The molecule has 0 heterocycles. The number of nitrogens with one attached hydrogen (secondary N) is 1. The zero-order chi connectivity index (χ0) is 11.5. The molecule has 0 aliphatic heterocycles. The van der Waals surface area contributed by atoms with E-state index in [0.29, 0.717) is 31.2 Å². The van der Waals surface area contributed by atoms with Crippen LogP contribution in [-0.4, -0.2) is 43.3 Å². The van der Waals surface area contributed by atoms with E-state index in [0.717, 1.165) is 12.8 Å². The van der Waals surface area contributed by atoms with Crippen molar-refractivity contribution < 1.29 is 9.53 Å². The molecule has 1 N–H and O–H groups in total. The summed E-state index contributed by atoms with van der Waals surface area (Å²) in [6.45, 7) is 3.47. The van der Waals surface area contributed by atoms with Gasteiger partial charge in [-0.05, 0) is 38.5 Å². The molecule has 2 aliphatic carbocycles. The van der Waals surface area contributed by atoms with Crippen molar-refractivity contribution in [1.29, 1.82) is 0 Å². The van der Waals surface area contributed by atoms with Gasteiger partial charge in [0.15, 0.2) is 0 Å². The van der Waals surface area contributed by atoms with Crippen molar-refractivity contribution in [3.8, 4) is 0 Å². The van der Waals surface area contributed by atoms with Gasteiger partial charge in [-0.3, -0.25) is 0 Å². The lowest BCUT2D eigenvalue weighted by molar-refractivity contribution is 0.127. The largest absolute Gasteiger partial charge is 0.383 e. The van der Waals surface area contributed by atoms with Crippen LogP contribution in [0.3, 0.4) is 0 Å². The number of nitrogens with zero attached hydrogens (tertiary/aromatic N) is 1. The van der Waals surface area contributed by atoms with Crippen LogP contribution < -0.4 is 5.32 Å². The number of methoxy groups -OCH3 is 1. The Morgan fingerprint density at radius 1 is 1.44 bits per heavy atom. The Bertz CT molecular complexity index is 249. The van der Waals surface area contributed by atoms with E-state index < -0.39 is 0 Å². The number of hydrogen-bond acceptors (Lipinski definition) is 2. The molecule has 0 aromatic heterocycles. The van der Waals surface area contributed by atoms with Gasteiger partial charge in [0.1, 0.15) is 0 Å². The second kappa shape index (κ2) is 5.04. The Hall–Kier alpha value is -0.770. The molecule has 16 heavy (non-hydrogen) atoms. The third-order valence-corrected chi connectivity index (χ3v) is 3.50. The van der Waals surface area contributed by atoms with Crippen LogP contribution >= 0.6 is 0 Å². The molecule has 92 valence electrons. The Morgan fingerprint density at radius 2 is 2.12 bits per heavy atom. The van der Waals surface area contributed by atoms with Crippen molar-refractivity contribution in [3.63, 3.8) is 0 Å². The lowest BCUT2D eigenvalue weighted by Crippen LogP contribution is -2.48. The van der Waals surface area contributed by atoms with Gasteiger partial charge in [0.05, 0.1) is 6.61 Å². The molecule has 0 spiro atoms. The molecule has 2 fully saturated rings. The molecule has 0 saturated heterocycles. The first-order valence-electron chi connectivity index (χ1n) is 6.28. The van der Waals surface area contributed by atoms with Crippen LogP contribution in [0.15, 0.2) is 0 Å². The van der Waals surface area contributed by atoms with Crippen LogP contribution in [-0.2, 0) is 4.74 Å². The maximum Gasteiger partial charge on any atom is 0.317 e. The summed E-state index contributed by atoms with van der Waals surface area (Å²) < 4.78 is 5.07. The summed E-state index contributed by atoms with van der Waals surface area (Å²) in [5, 5.41) is 3.06. The van der Waals surface area contributed by atoms with E-state index in [1.807, 2.05) is 4.90 Å².